The maximum Gasteiger partial charge on any atom is 0.219 e. The van der Waals surface area contributed by atoms with E-state index >= 15 is 0 Å². The summed E-state index contributed by atoms with van der Waals surface area (Å²) in [6.07, 6.45) is 0.493. The van der Waals surface area contributed by atoms with E-state index in [4.69, 9.17) is 0 Å². The van der Waals surface area contributed by atoms with Gasteiger partial charge in [0.05, 0.1) is 5.60 Å². The molecule has 2 aromatic rings. The number of rotatable bonds is 5. The van der Waals surface area contributed by atoms with Crippen LogP contribution in [0.1, 0.15) is 25.8 Å². The van der Waals surface area contributed by atoms with Crippen molar-refractivity contribution in [3.63, 3.8) is 0 Å². The number of nitrogens with zero attached hydrogens (tertiary/aromatic N) is 1. The van der Waals surface area contributed by atoms with Crippen molar-refractivity contribution in [3.05, 3.63) is 60.2 Å². The Hall–Kier alpha value is -2.13. The fourth-order valence-corrected chi connectivity index (χ4v) is 2.50. The van der Waals surface area contributed by atoms with Crippen LogP contribution in [0.4, 0.5) is 0 Å². The Morgan fingerprint density at radius 2 is 1.68 bits per heavy atom. The quantitative estimate of drug-likeness (QED) is 0.918. The first-order valence-corrected chi connectivity index (χ1v) is 7.51. The molecule has 1 atom stereocenters. The standard InChI is InChI=1S/C19H23NO2/c1-15(21)20(3)14-13-19(2,22)18-12-8-7-11-17(18)16-9-5-4-6-10-16/h4-12,22H,13-14H2,1-3H3. The highest BCUT2D eigenvalue weighted by Gasteiger charge is 2.26. The number of hydrogen-bond acceptors (Lipinski definition) is 2. The van der Waals surface area contributed by atoms with Crippen molar-refractivity contribution >= 4 is 5.91 Å². The van der Waals surface area contributed by atoms with Crippen LogP contribution in [-0.2, 0) is 10.4 Å². The average molecular weight is 297 g/mol. The molecule has 0 aliphatic rings. The van der Waals surface area contributed by atoms with Crippen molar-refractivity contribution in [1.29, 1.82) is 0 Å². The molecule has 0 bridgehead atoms. The van der Waals surface area contributed by atoms with Gasteiger partial charge in [0.25, 0.3) is 0 Å². The van der Waals surface area contributed by atoms with Crippen molar-refractivity contribution in [2.75, 3.05) is 13.6 Å². The van der Waals surface area contributed by atoms with Crippen LogP contribution in [0.15, 0.2) is 54.6 Å². The van der Waals surface area contributed by atoms with Gasteiger partial charge in [-0.2, -0.15) is 0 Å². The van der Waals surface area contributed by atoms with Gasteiger partial charge in [0.2, 0.25) is 5.91 Å². The van der Waals surface area contributed by atoms with Crippen LogP contribution in [0, 0.1) is 0 Å². The molecule has 1 N–H and O–H groups in total. The smallest absolute Gasteiger partial charge is 0.219 e. The zero-order valence-electron chi connectivity index (χ0n) is 13.4. The zero-order chi connectivity index (χ0) is 16.2. The summed E-state index contributed by atoms with van der Waals surface area (Å²) in [5.41, 5.74) is 2.01. The molecule has 22 heavy (non-hydrogen) atoms. The van der Waals surface area contributed by atoms with Crippen LogP contribution in [0.2, 0.25) is 0 Å². The molecule has 0 aromatic heterocycles. The summed E-state index contributed by atoms with van der Waals surface area (Å²) in [5.74, 6) is 0.00662. The Morgan fingerprint density at radius 1 is 1.09 bits per heavy atom. The topological polar surface area (TPSA) is 40.5 Å². The third kappa shape index (κ3) is 3.74. The van der Waals surface area contributed by atoms with E-state index in [2.05, 4.69) is 0 Å². The predicted molar refractivity (Wildman–Crippen MR) is 89.4 cm³/mol. The normalized spacial score (nSPS) is 13.5. The molecule has 0 fully saturated rings. The van der Waals surface area contributed by atoms with E-state index in [1.807, 2.05) is 61.5 Å². The molecule has 0 aliphatic heterocycles. The lowest BCUT2D eigenvalue weighted by molar-refractivity contribution is -0.128. The van der Waals surface area contributed by atoms with E-state index in [9.17, 15) is 9.90 Å². The number of amides is 1. The van der Waals surface area contributed by atoms with Gasteiger partial charge in [0.15, 0.2) is 0 Å². The summed E-state index contributed by atoms with van der Waals surface area (Å²) in [7, 11) is 1.75. The molecule has 2 aromatic carbocycles. The second-order valence-electron chi connectivity index (χ2n) is 5.88. The SMILES string of the molecule is CC(=O)N(C)CCC(C)(O)c1ccccc1-c1ccccc1. The van der Waals surface area contributed by atoms with Crippen molar-refractivity contribution in [3.8, 4) is 11.1 Å². The molecule has 2 rings (SSSR count). The number of benzene rings is 2. The third-order valence-corrected chi connectivity index (χ3v) is 4.06. The number of carbonyl (C=O) groups is 1. The minimum absolute atomic E-state index is 0.00662. The van der Waals surface area contributed by atoms with Gasteiger partial charge in [0, 0.05) is 20.5 Å². The van der Waals surface area contributed by atoms with Gasteiger partial charge in [-0.3, -0.25) is 4.79 Å². The minimum atomic E-state index is -0.990. The minimum Gasteiger partial charge on any atom is -0.385 e. The van der Waals surface area contributed by atoms with Crippen molar-refractivity contribution in [2.24, 2.45) is 0 Å². The summed E-state index contributed by atoms with van der Waals surface area (Å²) < 4.78 is 0. The van der Waals surface area contributed by atoms with Gasteiger partial charge < -0.3 is 10.0 Å². The highest BCUT2D eigenvalue weighted by molar-refractivity contribution is 5.72. The van der Waals surface area contributed by atoms with Crippen molar-refractivity contribution < 1.29 is 9.90 Å². The molecule has 116 valence electrons. The lowest BCUT2D eigenvalue weighted by Crippen LogP contribution is -2.32. The largest absolute Gasteiger partial charge is 0.385 e. The second kappa shape index (κ2) is 6.75. The lowest BCUT2D eigenvalue weighted by Gasteiger charge is -2.28. The molecule has 0 saturated heterocycles. The molecule has 3 nitrogen and oxygen atoms in total. The van der Waals surface area contributed by atoms with E-state index in [0.29, 0.717) is 13.0 Å². The lowest BCUT2D eigenvalue weighted by atomic mass is 9.86. The van der Waals surface area contributed by atoms with E-state index in [0.717, 1.165) is 16.7 Å². The summed E-state index contributed by atoms with van der Waals surface area (Å²) in [5, 5.41) is 10.9. The highest BCUT2D eigenvalue weighted by Crippen LogP contribution is 2.33. The van der Waals surface area contributed by atoms with Crippen LogP contribution < -0.4 is 0 Å². The summed E-state index contributed by atoms with van der Waals surface area (Å²) in [6, 6.07) is 17.9. The maximum atomic E-state index is 11.3. The first-order chi connectivity index (χ1) is 10.4. The summed E-state index contributed by atoms with van der Waals surface area (Å²) in [4.78, 5) is 13.0. The molecule has 1 amide bonds. The van der Waals surface area contributed by atoms with Crippen LogP contribution >= 0.6 is 0 Å². The molecule has 0 heterocycles. The number of hydrogen-bond donors (Lipinski definition) is 1. The van der Waals surface area contributed by atoms with Crippen LogP contribution in [0.3, 0.4) is 0 Å². The van der Waals surface area contributed by atoms with E-state index in [1.165, 1.54) is 6.92 Å². The Morgan fingerprint density at radius 3 is 2.32 bits per heavy atom. The molecule has 0 aliphatic carbocycles. The van der Waals surface area contributed by atoms with Crippen LogP contribution in [0.25, 0.3) is 11.1 Å². The molecule has 0 saturated carbocycles. The molecular weight excluding hydrogens is 274 g/mol. The first kappa shape index (κ1) is 16.2. The molecule has 1 unspecified atom stereocenters. The average Bonchev–Trinajstić information content (AvgIpc) is 2.53. The van der Waals surface area contributed by atoms with E-state index in [-0.39, 0.29) is 5.91 Å². The summed E-state index contributed by atoms with van der Waals surface area (Å²) >= 11 is 0. The molecule has 0 radical (unpaired) electrons. The van der Waals surface area contributed by atoms with Crippen LogP contribution in [0.5, 0.6) is 0 Å². The fourth-order valence-electron chi connectivity index (χ4n) is 2.50. The molecular formula is C19H23NO2. The molecule has 0 spiro atoms. The first-order valence-electron chi connectivity index (χ1n) is 7.51. The number of carbonyl (C=O) groups excluding carboxylic acids is 1. The Kier molecular flexibility index (Phi) is 4.99. The van der Waals surface area contributed by atoms with Gasteiger partial charge in [-0.15, -0.1) is 0 Å². The highest BCUT2D eigenvalue weighted by atomic mass is 16.3. The molecule has 3 heteroatoms. The summed E-state index contributed by atoms with van der Waals surface area (Å²) in [6.45, 7) is 3.86. The number of aliphatic hydroxyl groups is 1. The maximum absolute atomic E-state index is 11.3. The van der Waals surface area contributed by atoms with Gasteiger partial charge in [-0.05, 0) is 30.0 Å². The Balaban J connectivity index is 2.30. The predicted octanol–water partition coefficient (Wildman–Crippen LogP) is 3.43. The van der Waals surface area contributed by atoms with Gasteiger partial charge >= 0.3 is 0 Å². The van der Waals surface area contributed by atoms with Gasteiger partial charge in [-0.25, -0.2) is 0 Å². The van der Waals surface area contributed by atoms with E-state index in [1.54, 1.807) is 11.9 Å². The Bertz CT molecular complexity index is 635. The van der Waals surface area contributed by atoms with Gasteiger partial charge in [-0.1, -0.05) is 54.6 Å². The third-order valence-electron chi connectivity index (χ3n) is 4.06. The van der Waals surface area contributed by atoms with E-state index < -0.39 is 5.60 Å². The zero-order valence-corrected chi connectivity index (χ0v) is 13.4. The van der Waals surface area contributed by atoms with Crippen molar-refractivity contribution in [2.45, 2.75) is 25.9 Å². The van der Waals surface area contributed by atoms with Crippen molar-refractivity contribution in [1.82, 2.24) is 4.90 Å². The Labute approximate surface area is 132 Å². The second-order valence-corrected chi connectivity index (χ2v) is 5.88. The monoisotopic (exact) mass is 297 g/mol. The fraction of sp³-hybridized carbons (Fsp3) is 0.316. The van der Waals surface area contributed by atoms with Gasteiger partial charge in [0.1, 0.15) is 0 Å². The van der Waals surface area contributed by atoms with Crippen LogP contribution in [-0.4, -0.2) is 29.5 Å².